The number of hydrogen-bond acceptors (Lipinski definition) is 5. The molecule has 2 aromatic carbocycles. The van der Waals surface area contributed by atoms with Crippen molar-refractivity contribution >= 4 is 34.8 Å². The quantitative estimate of drug-likeness (QED) is 0.665. The standard InChI is InChI=1S/C20H19ClN4O2/c1-12-8-13(2)18(17(21)9-12)25-20-22-10-14(11-23-20)19(26)24-15-4-6-16(27-3)7-5-15/h4-11H,1-3H3,(H,24,26)(H,22,23,25). The highest BCUT2D eigenvalue weighted by Crippen LogP contribution is 2.29. The van der Waals surface area contributed by atoms with Crippen LogP contribution in [0.25, 0.3) is 0 Å². The third-order valence-corrected chi connectivity index (χ3v) is 4.23. The molecule has 0 saturated carbocycles. The van der Waals surface area contributed by atoms with Gasteiger partial charge < -0.3 is 15.4 Å². The molecule has 27 heavy (non-hydrogen) atoms. The molecule has 0 saturated heterocycles. The van der Waals surface area contributed by atoms with Gasteiger partial charge in [-0.2, -0.15) is 0 Å². The van der Waals surface area contributed by atoms with Crippen molar-refractivity contribution in [2.45, 2.75) is 13.8 Å². The normalized spacial score (nSPS) is 10.4. The highest BCUT2D eigenvalue weighted by atomic mass is 35.5. The van der Waals surface area contributed by atoms with Crippen LogP contribution in [0.3, 0.4) is 0 Å². The first-order chi connectivity index (χ1) is 13.0. The van der Waals surface area contributed by atoms with E-state index in [4.69, 9.17) is 16.3 Å². The van der Waals surface area contributed by atoms with Gasteiger partial charge in [-0.15, -0.1) is 0 Å². The third-order valence-electron chi connectivity index (χ3n) is 3.93. The number of amides is 1. The Morgan fingerprint density at radius 1 is 1.07 bits per heavy atom. The highest BCUT2D eigenvalue weighted by molar-refractivity contribution is 6.33. The third kappa shape index (κ3) is 4.54. The Balaban J connectivity index is 1.70. The summed E-state index contributed by atoms with van der Waals surface area (Å²) in [4.78, 5) is 20.7. The van der Waals surface area contributed by atoms with Crippen molar-refractivity contribution in [3.63, 3.8) is 0 Å². The number of halogens is 1. The zero-order valence-corrected chi connectivity index (χ0v) is 16.0. The van der Waals surface area contributed by atoms with Crippen molar-refractivity contribution in [3.8, 4) is 5.75 Å². The van der Waals surface area contributed by atoms with Crippen LogP contribution in [0.1, 0.15) is 21.5 Å². The van der Waals surface area contributed by atoms with Gasteiger partial charge in [0.1, 0.15) is 5.75 Å². The lowest BCUT2D eigenvalue weighted by Crippen LogP contribution is -2.13. The van der Waals surface area contributed by atoms with Gasteiger partial charge in [-0.1, -0.05) is 17.7 Å². The molecule has 0 spiro atoms. The summed E-state index contributed by atoms with van der Waals surface area (Å²) in [5.74, 6) is 0.790. The average molecular weight is 383 g/mol. The van der Waals surface area contributed by atoms with E-state index in [1.165, 1.54) is 12.4 Å². The number of benzene rings is 2. The van der Waals surface area contributed by atoms with Gasteiger partial charge in [0, 0.05) is 18.1 Å². The number of methoxy groups -OCH3 is 1. The molecule has 0 aliphatic rings. The smallest absolute Gasteiger partial charge is 0.258 e. The molecule has 0 aliphatic carbocycles. The molecule has 1 aromatic heterocycles. The fraction of sp³-hybridized carbons (Fsp3) is 0.150. The van der Waals surface area contributed by atoms with E-state index in [0.29, 0.717) is 22.2 Å². The summed E-state index contributed by atoms with van der Waals surface area (Å²) in [7, 11) is 1.59. The molecule has 3 aromatic rings. The molecule has 138 valence electrons. The maximum Gasteiger partial charge on any atom is 0.258 e. The van der Waals surface area contributed by atoms with Crippen molar-refractivity contribution in [2.24, 2.45) is 0 Å². The van der Waals surface area contributed by atoms with Crippen molar-refractivity contribution in [1.29, 1.82) is 0 Å². The minimum atomic E-state index is -0.295. The van der Waals surface area contributed by atoms with Gasteiger partial charge in [0.05, 0.1) is 23.4 Å². The number of rotatable bonds is 5. The van der Waals surface area contributed by atoms with Gasteiger partial charge in [-0.05, 0) is 55.3 Å². The fourth-order valence-corrected chi connectivity index (χ4v) is 2.94. The molecule has 7 heteroatoms. The molecule has 3 rings (SSSR count). The summed E-state index contributed by atoms with van der Waals surface area (Å²) < 4.78 is 5.09. The lowest BCUT2D eigenvalue weighted by Gasteiger charge is -2.11. The van der Waals surface area contributed by atoms with Crippen LogP contribution in [0.2, 0.25) is 5.02 Å². The minimum Gasteiger partial charge on any atom is -0.497 e. The largest absolute Gasteiger partial charge is 0.497 e. The van der Waals surface area contributed by atoms with E-state index in [2.05, 4.69) is 20.6 Å². The number of aromatic nitrogens is 2. The van der Waals surface area contributed by atoms with Crippen molar-refractivity contribution in [3.05, 3.63) is 70.5 Å². The van der Waals surface area contributed by atoms with E-state index in [9.17, 15) is 4.79 Å². The SMILES string of the molecule is COc1ccc(NC(=O)c2cnc(Nc3c(C)cc(C)cc3Cl)nc2)cc1. The van der Waals surface area contributed by atoms with Gasteiger partial charge in [0.2, 0.25) is 5.95 Å². The predicted molar refractivity (Wildman–Crippen MR) is 107 cm³/mol. The van der Waals surface area contributed by atoms with Crippen LogP contribution in [-0.4, -0.2) is 23.0 Å². The van der Waals surface area contributed by atoms with Gasteiger partial charge in [0.15, 0.2) is 0 Å². The summed E-state index contributed by atoms with van der Waals surface area (Å²) in [5, 5.41) is 6.48. The van der Waals surface area contributed by atoms with Crippen molar-refractivity contribution in [2.75, 3.05) is 17.7 Å². The second kappa shape index (κ2) is 8.05. The van der Waals surface area contributed by atoms with Crippen LogP contribution < -0.4 is 15.4 Å². The second-order valence-corrected chi connectivity index (χ2v) is 6.45. The summed E-state index contributed by atoms with van der Waals surface area (Å²) in [6, 6.07) is 10.9. The minimum absolute atomic E-state index is 0.295. The Hall–Kier alpha value is -3.12. The maximum absolute atomic E-state index is 12.3. The first-order valence-electron chi connectivity index (χ1n) is 8.27. The topological polar surface area (TPSA) is 76.1 Å². The summed E-state index contributed by atoms with van der Waals surface area (Å²) in [6.07, 6.45) is 2.93. The molecule has 0 fully saturated rings. The van der Waals surface area contributed by atoms with E-state index in [1.807, 2.05) is 26.0 Å². The zero-order valence-electron chi connectivity index (χ0n) is 15.2. The number of aryl methyl sites for hydroxylation is 2. The molecule has 0 unspecified atom stereocenters. The van der Waals surface area contributed by atoms with Crippen LogP contribution in [0, 0.1) is 13.8 Å². The number of ether oxygens (including phenoxy) is 1. The molecule has 0 atom stereocenters. The Labute approximate surface area is 162 Å². The summed E-state index contributed by atoms with van der Waals surface area (Å²) >= 11 is 6.29. The molecule has 2 N–H and O–H groups in total. The number of nitrogens with zero attached hydrogens (tertiary/aromatic N) is 2. The highest BCUT2D eigenvalue weighted by Gasteiger charge is 2.10. The number of hydrogen-bond donors (Lipinski definition) is 2. The van der Waals surface area contributed by atoms with Crippen LogP contribution in [0.5, 0.6) is 5.75 Å². The van der Waals surface area contributed by atoms with Crippen LogP contribution in [0.15, 0.2) is 48.8 Å². The molecule has 0 aliphatic heterocycles. The number of nitrogens with one attached hydrogen (secondary N) is 2. The van der Waals surface area contributed by atoms with Gasteiger partial charge in [0.25, 0.3) is 5.91 Å². The first-order valence-corrected chi connectivity index (χ1v) is 8.65. The van der Waals surface area contributed by atoms with E-state index in [1.54, 1.807) is 31.4 Å². The van der Waals surface area contributed by atoms with Crippen LogP contribution in [-0.2, 0) is 0 Å². The van der Waals surface area contributed by atoms with Gasteiger partial charge in [-0.25, -0.2) is 9.97 Å². The molecule has 6 nitrogen and oxygen atoms in total. The van der Waals surface area contributed by atoms with Crippen molar-refractivity contribution < 1.29 is 9.53 Å². The molecule has 0 radical (unpaired) electrons. The number of carbonyl (C=O) groups excluding carboxylic acids is 1. The molecule has 0 bridgehead atoms. The number of anilines is 3. The number of carbonyl (C=O) groups is 1. The van der Waals surface area contributed by atoms with Crippen molar-refractivity contribution in [1.82, 2.24) is 9.97 Å². The summed E-state index contributed by atoms with van der Waals surface area (Å²) in [6.45, 7) is 3.94. The molecular formula is C20H19ClN4O2. The molecular weight excluding hydrogens is 364 g/mol. The Bertz CT molecular complexity index is 934. The van der Waals surface area contributed by atoms with Gasteiger partial charge in [-0.3, -0.25) is 4.79 Å². The predicted octanol–water partition coefficient (Wildman–Crippen LogP) is 4.75. The lowest BCUT2D eigenvalue weighted by molar-refractivity contribution is 0.102. The first kappa shape index (κ1) is 18.7. The van der Waals surface area contributed by atoms with E-state index >= 15 is 0 Å². The Morgan fingerprint density at radius 2 is 1.74 bits per heavy atom. The van der Waals surface area contributed by atoms with E-state index in [0.717, 1.165) is 22.6 Å². The monoisotopic (exact) mass is 382 g/mol. The fourth-order valence-electron chi connectivity index (χ4n) is 2.57. The molecule has 1 heterocycles. The molecule has 1 amide bonds. The second-order valence-electron chi connectivity index (χ2n) is 6.04. The van der Waals surface area contributed by atoms with Gasteiger partial charge >= 0.3 is 0 Å². The lowest BCUT2D eigenvalue weighted by atomic mass is 10.1. The average Bonchev–Trinajstić information content (AvgIpc) is 2.65. The van der Waals surface area contributed by atoms with Crippen LogP contribution >= 0.6 is 11.6 Å². The maximum atomic E-state index is 12.3. The Morgan fingerprint density at radius 3 is 2.33 bits per heavy atom. The summed E-state index contributed by atoms with van der Waals surface area (Å²) in [5.41, 5.74) is 3.82. The van der Waals surface area contributed by atoms with Crippen LogP contribution in [0.4, 0.5) is 17.3 Å². The Kier molecular flexibility index (Phi) is 5.57. The zero-order chi connectivity index (χ0) is 19.4. The van der Waals surface area contributed by atoms with E-state index < -0.39 is 0 Å². The van der Waals surface area contributed by atoms with E-state index in [-0.39, 0.29) is 5.91 Å².